The summed E-state index contributed by atoms with van der Waals surface area (Å²) in [5, 5.41) is 2.79. The van der Waals surface area contributed by atoms with Crippen LogP contribution in [0.5, 0.6) is 0 Å². The van der Waals surface area contributed by atoms with Crippen molar-refractivity contribution in [2.45, 2.75) is 20.8 Å². The summed E-state index contributed by atoms with van der Waals surface area (Å²) in [7, 11) is -3.70. The van der Waals surface area contributed by atoms with Gasteiger partial charge < -0.3 is 5.32 Å². The Morgan fingerprint density at radius 3 is 2.46 bits per heavy atom. The average Bonchev–Trinajstić information content (AvgIpc) is 2.78. The van der Waals surface area contributed by atoms with Gasteiger partial charge >= 0.3 is 0 Å². The van der Waals surface area contributed by atoms with Gasteiger partial charge in [0.1, 0.15) is 0 Å². The molecule has 1 N–H and O–H groups in total. The predicted octanol–water partition coefficient (Wildman–Crippen LogP) is 2.87. The number of rotatable bonds is 3. The zero-order valence-electron chi connectivity index (χ0n) is 14.8. The summed E-state index contributed by atoms with van der Waals surface area (Å²) in [4.78, 5) is 24.7. The van der Waals surface area contributed by atoms with Crippen molar-refractivity contribution in [3.05, 3.63) is 59.2 Å². The Morgan fingerprint density at radius 1 is 1.12 bits per heavy atom. The number of nitrogens with zero attached hydrogens (tertiary/aromatic N) is 1. The molecule has 1 saturated heterocycles. The highest BCUT2D eigenvalue weighted by Crippen LogP contribution is 2.29. The van der Waals surface area contributed by atoms with Crippen molar-refractivity contribution in [1.29, 1.82) is 0 Å². The molecule has 3 rings (SSSR count). The Balaban J connectivity index is 1.88. The van der Waals surface area contributed by atoms with Gasteiger partial charge in [-0.2, -0.15) is 0 Å². The summed E-state index contributed by atoms with van der Waals surface area (Å²) in [6.45, 7) is 5.52. The third-order valence-corrected chi connectivity index (χ3v) is 6.34. The molecule has 0 bridgehead atoms. The van der Waals surface area contributed by atoms with E-state index in [1.165, 1.54) is 12.1 Å². The standard InChI is InChI=1S/C19H20N2O4S/c1-12-7-8-16(9-13(12)2)20-18(22)15-5-4-6-17(10-15)21-19(23)14(3)11-26(21,24)25/h4-10,14H,11H2,1-3H3,(H,20,22)/t14-/m0/s1. The number of sulfonamides is 1. The molecule has 1 heterocycles. The number of hydrogen-bond acceptors (Lipinski definition) is 4. The molecule has 2 amide bonds. The van der Waals surface area contributed by atoms with Gasteiger partial charge in [0.05, 0.1) is 17.4 Å². The smallest absolute Gasteiger partial charge is 0.255 e. The third kappa shape index (κ3) is 3.35. The molecule has 1 fully saturated rings. The molecular weight excluding hydrogens is 352 g/mol. The number of hydrogen-bond donors (Lipinski definition) is 1. The van der Waals surface area contributed by atoms with Crippen molar-refractivity contribution < 1.29 is 18.0 Å². The summed E-state index contributed by atoms with van der Waals surface area (Å²) in [6, 6.07) is 11.7. The highest BCUT2D eigenvalue weighted by molar-refractivity contribution is 7.94. The van der Waals surface area contributed by atoms with Crippen LogP contribution >= 0.6 is 0 Å². The number of carbonyl (C=O) groups is 2. The molecule has 2 aromatic carbocycles. The number of carbonyl (C=O) groups excluding carboxylic acids is 2. The number of amides is 2. The summed E-state index contributed by atoms with van der Waals surface area (Å²) in [6.07, 6.45) is 0. The van der Waals surface area contributed by atoms with Crippen LogP contribution < -0.4 is 9.62 Å². The number of benzene rings is 2. The molecule has 1 aliphatic rings. The van der Waals surface area contributed by atoms with Gasteiger partial charge in [-0.05, 0) is 55.3 Å². The average molecular weight is 372 g/mol. The van der Waals surface area contributed by atoms with Gasteiger partial charge in [0.2, 0.25) is 15.9 Å². The molecule has 0 saturated carbocycles. The van der Waals surface area contributed by atoms with Crippen molar-refractivity contribution in [2.24, 2.45) is 5.92 Å². The molecule has 0 unspecified atom stereocenters. The van der Waals surface area contributed by atoms with Gasteiger partial charge in [-0.25, -0.2) is 12.7 Å². The minimum atomic E-state index is -3.70. The summed E-state index contributed by atoms with van der Waals surface area (Å²) in [5.74, 6) is -1.65. The molecule has 2 aromatic rings. The quantitative estimate of drug-likeness (QED) is 0.898. The Hall–Kier alpha value is -2.67. The van der Waals surface area contributed by atoms with Crippen molar-refractivity contribution in [1.82, 2.24) is 0 Å². The Morgan fingerprint density at radius 2 is 1.85 bits per heavy atom. The second-order valence-electron chi connectivity index (χ2n) is 6.59. The maximum absolute atomic E-state index is 12.5. The van der Waals surface area contributed by atoms with E-state index in [0.29, 0.717) is 5.69 Å². The van der Waals surface area contributed by atoms with Crippen LogP contribution in [0.2, 0.25) is 0 Å². The van der Waals surface area contributed by atoms with Crippen LogP contribution in [0.1, 0.15) is 28.4 Å². The van der Waals surface area contributed by atoms with E-state index in [-0.39, 0.29) is 22.9 Å². The van der Waals surface area contributed by atoms with Crippen LogP contribution in [0.4, 0.5) is 11.4 Å². The van der Waals surface area contributed by atoms with Gasteiger partial charge in [0, 0.05) is 11.3 Å². The van der Waals surface area contributed by atoms with E-state index in [1.807, 2.05) is 26.0 Å². The highest BCUT2D eigenvalue weighted by Gasteiger charge is 2.42. The Labute approximate surface area is 152 Å². The minimum Gasteiger partial charge on any atom is -0.322 e. The molecule has 136 valence electrons. The maximum Gasteiger partial charge on any atom is 0.255 e. The SMILES string of the molecule is Cc1ccc(NC(=O)c2cccc(N3C(=O)[C@@H](C)CS3(=O)=O)c2)cc1C. The van der Waals surface area contributed by atoms with Crippen LogP contribution in [-0.4, -0.2) is 26.0 Å². The first-order chi connectivity index (χ1) is 12.2. The van der Waals surface area contributed by atoms with E-state index in [2.05, 4.69) is 5.32 Å². The lowest BCUT2D eigenvalue weighted by Crippen LogP contribution is -2.30. The van der Waals surface area contributed by atoms with Gasteiger partial charge in [-0.15, -0.1) is 0 Å². The van der Waals surface area contributed by atoms with Crippen molar-refractivity contribution in [3.8, 4) is 0 Å². The lowest BCUT2D eigenvalue weighted by molar-refractivity contribution is -0.119. The van der Waals surface area contributed by atoms with E-state index in [4.69, 9.17) is 0 Å². The van der Waals surface area contributed by atoms with E-state index >= 15 is 0 Å². The van der Waals surface area contributed by atoms with Crippen LogP contribution in [0.25, 0.3) is 0 Å². The molecule has 26 heavy (non-hydrogen) atoms. The van der Waals surface area contributed by atoms with Gasteiger partial charge in [-0.1, -0.05) is 19.1 Å². The van der Waals surface area contributed by atoms with Crippen LogP contribution in [0.3, 0.4) is 0 Å². The minimum absolute atomic E-state index is 0.187. The monoisotopic (exact) mass is 372 g/mol. The third-order valence-electron chi connectivity index (χ3n) is 4.47. The Bertz CT molecular complexity index is 998. The van der Waals surface area contributed by atoms with Crippen molar-refractivity contribution >= 4 is 33.2 Å². The number of anilines is 2. The molecule has 7 heteroatoms. The van der Waals surface area contributed by atoms with Crippen LogP contribution in [0.15, 0.2) is 42.5 Å². The van der Waals surface area contributed by atoms with E-state index in [9.17, 15) is 18.0 Å². The van der Waals surface area contributed by atoms with Gasteiger partial charge in [0.15, 0.2) is 0 Å². The number of nitrogens with one attached hydrogen (secondary N) is 1. The zero-order chi connectivity index (χ0) is 19.1. The fourth-order valence-electron chi connectivity index (χ4n) is 2.88. The van der Waals surface area contributed by atoms with E-state index < -0.39 is 21.8 Å². The molecule has 1 aliphatic heterocycles. The first-order valence-electron chi connectivity index (χ1n) is 8.24. The summed E-state index contributed by atoms with van der Waals surface area (Å²) < 4.78 is 25.3. The molecule has 0 aromatic heterocycles. The predicted molar refractivity (Wildman–Crippen MR) is 101 cm³/mol. The van der Waals surface area contributed by atoms with Crippen molar-refractivity contribution in [3.63, 3.8) is 0 Å². The molecule has 6 nitrogen and oxygen atoms in total. The lowest BCUT2D eigenvalue weighted by Gasteiger charge is -2.16. The van der Waals surface area contributed by atoms with Gasteiger partial charge in [0.25, 0.3) is 5.91 Å². The second-order valence-corrected chi connectivity index (χ2v) is 8.45. The maximum atomic E-state index is 12.5. The van der Waals surface area contributed by atoms with Gasteiger partial charge in [-0.3, -0.25) is 9.59 Å². The van der Waals surface area contributed by atoms with Crippen LogP contribution in [0, 0.1) is 19.8 Å². The largest absolute Gasteiger partial charge is 0.322 e. The normalized spacial score (nSPS) is 18.8. The van der Waals surface area contributed by atoms with Crippen molar-refractivity contribution in [2.75, 3.05) is 15.4 Å². The first-order valence-corrected chi connectivity index (χ1v) is 9.85. The first kappa shape index (κ1) is 18.1. The molecule has 0 radical (unpaired) electrons. The lowest BCUT2D eigenvalue weighted by atomic mass is 10.1. The Kier molecular flexibility index (Phi) is 4.58. The summed E-state index contributed by atoms with van der Waals surface area (Å²) >= 11 is 0. The molecule has 1 atom stereocenters. The molecule has 0 aliphatic carbocycles. The van der Waals surface area contributed by atoms with E-state index in [1.54, 1.807) is 25.1 Å². The topological polar surface area (TPSA) is 83.6 Å². The number of aryl methyl sites for hydroxylation is 2. The zero-order valence-corrected chi connectivity index (χ0v) is 15.6. The van der Waals surface area contributed by atoms with Crippen LogP contribution in [-0.2, 0) is 14.8 Å². The fourth-order valence-corrected chi connectivity index (χ4v) is 4.70. The van der Waals surface area contributed by atoms with E-state index in [0.717, 1.165) is 15.4 Å². The molecular formula is C19H20N2O4S. The summed E-state index contributed by atoms with van der Waals surface area (Å²) in [5.41, 5.74) is 3.30. The second kappa shape index (κ2) is 6.57. The fraction of sp³-hybridized carbons (Fsp3) is 0.263. The highest BCUT2D eigenvalue weighted by atomic mass is 32.2. The molecule has 0 spiro atoms.